The Morgan fingerprint density at radius 3 is 2.00 bits per heavy atom. The van der Waals surface area contributed by atoms with E-state index in [0.717, 1.165) is 0 Å². The Hall–Kier alpha value is -2.37. The first kappa shape index (κ1) is 14.7. The number of aliphatic carboxylic acids is 1. The van der Waals surface area contributed by atoms with Gasteiger partial charge in [0.05, 0.1) is 11.5 Å². The monoisotopic (exact) mass is 265 g/mol. The number of carbonyl (C=O) groups excluding carboxylic acids is 1. The van der Waals surface area contributed by atoms with Crippen LogP contribution in [0, 0.1) is 5.92 Å². The number of amides is 1. The molecule has 0 aliphatic heterocycles. The number of carboxylic acids is 2. The molecule has 0 aliphatic carbocycles. The number of carboxylic acid groups (broad SMARTS) is 2. The Kier molecular flexibility index (Phi) is 4.63. The number of carbonyl (C=O) groups is 3. The van der Waals surface area contributed by atoms with Gasteiger partial charge in [0.15, 0.2) is 0 Å². The van der Waals surface area contributed by atoms with Crippen LogP contribution < -0.4 is 0 Å². The van der Waals surface area contributed by atoms with Crippen LogP contribution in [0.3, 0.4) is 0 Å². The molecule has 1 atom stereocenters. The number of hydrogen-bond donors (Lipinski definition) is 2. The highest BCUT2D eigenvalue weighted by Crippen LogP contribution is 2.08. The molecular formula is C13H15NO5. The fourth-order valence-corrected chi connectivity index (χ4v) is 1.55. The molecule has 0 heterocycles. The van der Waals surface area contributed by atoms with Crippen molar-refractivity contribution in [3.8, 4) is 0 Å². The highest BCUT2D eigenvalue weighted by Gasteiger charge is 2.18. The third kappa shape index (κ3) is 3.80. The van der Waals surface area contributed by atoms with Crippen molar-refractivity contribution in [2.24, 2.45) is 5.92 Å². The summed E-state index contributed by atoms with van der Waals surface area (Å²) in [6.45, 7) is 1.61. The van der Waals surface area contributed by atoms with E-state index < -0.39 is 17.9 Å². The molecule has 6 nitrogen and oxygen atoms in total. The lowest BCUT2D eigenvalue weighted by Gasteiger charge is -2.19. The SMILES string of the molecule is CC(CN(C)C(=O)c1ccc(C(=O)O)cc1)C(=O)O. The van der Waals surface area contributed by atoms with E-state index in [-0.39, 0.29) is 18.0 Å². The van der Waals surface area contributed by atoms with Gasteiger partial charge in [-0.15, -0.1) is 0 Å². The van der Waals surface area contributed by atoms with Crippen molar-refractivity contribution in [1.82, 2.24) is 4.90 Å². The van der Waals surface area contributed by atoms with Crippen LogP contribution >= 0.6 is 0 Å². The lowest BCUT2D eigenvalue weighted by molar-refractivity contribution is -0.141. The zero-order valence-corrected chi connectivity index (χ0v) is 10.7. The van der Waals surface area contributed by atoms with Gasteiger partial charge in [0.25, 0.3) is 5.91 Å². The molecule has 0 spiro atoms. The largest absolute Gasteiger partial charge is 0.481 e. The van der Waals surface area contributed by atoms with Gasteiger partial charge in [-0.2, -0.15) is 0 Å². The molecule has 1 aromatic carbocycles. The Morgan fingerprint density at radius 2 is 1.58 bits per heavy atom. The van der Waals surface area contributed by atoms with Gasteiger partial charge in [-0.25, -0.2) is 4.79 Å². The molecule has 1 rings (SSSR count). The zero-order chi connectivity index (χ0) is 14.6. The van der Waals surface area contributed by atoms with E-state index in [1.165, 1.54) is 43.1 Å². The van der Waals surface area contributed by atoms with Gasteiger partial charge in [0.2, 0.25) is 0 Å². The molecule has 1 amide bonds. The van der Waals surface area contributed by atoms with Crippen LogP contribution in [0.4, 0.5) is 0 Å². The minimum absolute atomic E-state index is 0.0921. The van der Waals surface area contributed by atoms with Crippen molar-refractivity contribution < 1.29 is 24.6 Å². The average Bonchev–Trinajstić information content (AvgIpc) is 2.37. The number of aromatic carboxylic acids is 1. The summed E-state index contributed by atoms with van der Waals surface area (Å²) in [5, 5.41) is 17.5. The fourth-order valence-electron chi connectivity index (χ4n) is 1.55. The Morgan fingerprint density at radius 1 is 1.11 bits per heavy atom. The van der Waals surface area contributed by atoms with Gasteiger partial charge in [0.1, 0.15) is 0 Å². The van der Waals surface area contributed by atoms with Gasteiger partial charge in [-0.3, -0.25) is 9.59 Å². The molecule has 1 aromatic rings. The van der Waals surface area contributed by atoms with Gasteiger partial charge < -0.3 is 15.1 Å². The number of rotatable bonds is 5. The van der Waals surface area contributed by atoms with Gasteiger partial charge in [-0.1, -0.05) is 6.92 Å². The summed E-state index contributed by atoms with van der Waals surface area (Å²) in [7, 11) is 1.51. The molecule has 0 fully saturated rings. The van der Waals surface area contributed by atoms with E-state index in [1.54, 1.807) is 0 Å². The first-order chi connectivity index (χ1) is 8.82. The van der Waals surface area contributed by atoms with Crippen LogP contribution in [0.5, 0.6) is 0 Å². The Labute approximate surface area is 110 Å². The van der Waals surface area contributed by atoms with Crippen molar-refractivity contribution in [1.29, 1.82) is 0 Å². The lowest BCUT2D eigenvalue weighted by atomic mass is 10.1. The summed E-state index contributed by atoms with van der Waals surface area (Å²) in [6, 6.07) is 5.50. The third-order valence-corrected chi connectivity index (χ3v) is 2.69. The molecule has 0 aromatic heterocycles. The molecule has 19 heavy (non-hydrogen) atoms. The van der Waals surface area contributed by atoms with Crippen LogP contribution in [0.15, 0.2) is 24.3 Å². The van der Waals surface area contributed by atoms with Crippen molar-refractivity contribution in [3.05, 3.63) is 35.4 Å². The van der Waals surface area contributed by atoms with E-state index in [9.17, 15) is 14.4 Å². The zero-order valence-electron chi connectivity index (χ0n) is 10.7. The molecule has 0 aliphatic rings. The highest BCUT2D eigenvalue weighted by atomic mass is 16.4. The summed E-state index contributed by atoms with van der Waals surface area (Å²) in [5.41, 5.74) is 0.420. The van der Waals surface area contributed by atoms with Gasteiger partial charge in [-0.05, 0) is 24.3 Å². The van der Waals surface area contributed by atoms with Crippen LogP contribution in [0.25, 0.3) is 0 Å². The second kappa shape index (κ2) is 5.99. The van der Waals surface area contributed by atoms with Crippen LogP contribution in [-0.4, -0.2) is 46.6 Å². The van der Waals surface area contributed by atoms with Crippen molar-refractivity contribution in [3.63, 3.8) is 0 Å². The number of benzene rings is 1. The van der Waals surface area contributed by atoms with Crippen LogP contribution in [-0.2, 0) is 4.79 Å². The average molecular weight is 265 g/mol. The maximum atomic E-state index is 12.0. The predicted molar refractivity (Wildman–Crippen MR) is 67.2 cm³/mol. The smallest absolute Gasteiger partial charge is 0.335 e. The lowest BCUT2D eigenvalue weighted by Crippen LogP contribution is -2.33. The second-order valence-electron chi connectivity index (χ2n) is 4.31. The van der Waals surface area contributed by atoms with Crippen LogP contribution in [0.2, 0.25) is 0 Å². The maximum absolute atomic E-state index is 12.0. The number of hydrogen-bond acceptors (Lipinski definition) is 3. The van der Waals surface area contributed by atoms with Crippen molar-refractivity contribution in [2.45, 2.75) is 6.92 Å². The summed E-state index contributed by atoms with van der Waals surface area (Å²) < 4.78 is 0. The normalized spacial score (nSPS) is 11.7. The molecule has 2 N–H and O–H groups in total. The molecule has 0 saturated carbocycles. The molecule has 0 bridgehead atoms. The topological polar surface area (TPSA) is 94.9 Å². The van der Waals surface area contributed by atoms with Crippen molar-refractivity contribution in [2.75, 3.05) is 13.6 Å². The summed E-state index contributed by atoms with van der Waals surface area (Å²) in [4.78, 5) is 34.7. The highest BCUT2D eigenvalue weighted by molar-refractivity contribution is 5.95. The summed E-state index contributed by atoms with van der Waals surface area (Å²) in [6.07, 6.45) is 0. The van der Waals surface area contributed by atoms with E-state index in [0.29, 0.717) is 5.56 Å². The first-order valence-corrected chi connectivity index (χ1v) is 5.64. The molecule has 1 unspecified atom stereocenters. The Balaban J connectivity index is 2.77. The molecule has 6 heteroatoms. The van der Waals surface area contributed by atoms with E-state index in [2.05, 4.69) is 0 Å². The molecule has 102 valence electrons. The summed E-state index contributed by atoms with van der Waals surface area (Å²) >= 11 is 0. The standard InChI is InChI=1S/C13H15NO5/c1-8(12(16)17)7-14(2)11(15)9-3-5-10(6-4-9)13(18)19/h3-6,8H,7H2,1-2H3,(H,16,17)(H,18,19). The van der Waals surface area contributed by atoms with Gasteiger partial charge >= 0.3 is 11.9 Å². The van der Waals surface area contributed by atoms with E-state index in [1.807, 2.05) is 0 Å². The minimum Gasteiger partial charge on any atom is -0.481 e. The Bertz CT molecular complexity index is 494. The molecule has 0 radical (unpaired) electrons. The van der Waals surface area contributed by atoms with Gasteiger partial charge in [0, 0.05) is 19.2 Å². The predicted octanol–water partition coefficient (Wildman–Crippen LogP) is 1.18. The van der Waals surface area contributed by atoms with Crippen LogP contribution in [0.1, 0.15) is 27.6 Å². The third-order valence-electron chi connectivity index (χ3n) is 2.69. The number of nitrogens with zero attached hydrogens (tertiary/aromatic N) is 1. The minimum atomic E-state index is -1.06. The maximum Gasteiger partial charge on any atom is 0.335 e. The fraction of sp³-hybridized carbons (Fsp3) is 0.308. The quantitative estimate of drug-likeness (QED) is 0.833. The summed E-state index contributed by atoms with van der Waals surface area (Å²) in [5.74, 6) is -3.04. The second-order valence-corrected chi connectivity index (χ2v) is 4.31. The van der Waals surface area contributed by atoms with E-state index in [4.69, 9.17) is 10.2 Å². The molecule has 0 saturated heterocycles. The van der Waals surface area contributed by atoms with E-state index >= 15 is 0 Å². The molecular weight excluding hydrogens is 250 g/mol. The van der Waals surface area contributed by atoms with Crippen molar-refractivity contribution >= 4 is 17.8 Å². The first-order valence-electron chi connectivity index (χ1n) is 5.64.